The SMILES string of the molecule is C#C[C@@H](O)[C@@H](O[C@@H](CO)CO[C@H](C(=O)O)c1csc(-c2ccccc2)n1)n1cnc2c(N)nc(Cl)nc21. The third kappa shape index (κ3) is 5.86. The summed E-state index contributed by atoms with van der Waals surface area (Å²) in [5, 5.41) is 32.2. The number of hydrogen-bond acceptors (Lipinski definition) is 11. The predicted molar refractivity (Wildman–Crippen MR) is 134 cm³/mol. The quantitative estimate of drug-likeness (QED) is 0.160. The fourth-order valence-electron chi connectivity index (χ4n) is 3.41. The number of nitrogen functional groups attached to an aromatic ring is 1. The van der Waals surface area contributed by atoms with Crippen LogP contribution >= 0.6 is 22.9 Å². The number of thiazole rings is 1. The van der Waals surface area contributed by atoms with Crippen molar-refractivity contribution >= 4 is 45.9 Å². The first kappa shape index (κ1) is 26.4. The van der Waals surface area contributed by atoms with Crippen molar-refractivity contribution in [1.82, 2.24) is 24.5 Å². The lowest BCUT2D eigenvalue weighted by molar-refractivity contribution is -0.164. The van der Waals surface area contributed by atoms with Crippen molar-refractivity contribution in [1.29, 1.82) is 0 Å². The molecule has 12 nitrogen and oxygen atoms in total. The van der Waals surface area contributed by atoms with E-state index in [1.807, 2.05) is 30.3 Å². The lowest BCUT2D eigenvalue weighted by Crippen LogP contribution is -2.34. The summed E-state index contributed by atoms with van der Waals surface area (Å²) in [4.78, 5) is 28.3. The number of aliphatic carboxylic acids is 1. The lowest BCUT2D eigenvalue weighted by Gasteiger charge is -2.27. The summed E-state index contributed by atoms with van der Waals surface area (Å²) in [5.41, 5.74) is 7.19. The van der Waals surface area contributed by atoms with Crippen LogP contribution in [0, 0.1) is 12.3 Å². The Bertz CT molecular complexity index is 1420. The molecular formula is C23H21ClN6O6S. The van der Waals surface area contributed by atoms with Crippen LogP contribution in [0.4, 0.5) is 5.82 Å². The number of imidazole rings is 1. The van der Waals surface area contributed by atoms with Crippen LogP contribution in [-0.2, 0) is 14.3 Å². The molecule has 0 aliphatic heterocycles. The van der Waals surface area contributed by atoms with Gasteiger partial charge in [-0.25, -0.2) is 14.8 Å². The molecule has 0 saturated carbocycles. The maximum absolute atomic E-state index is 11.9. The van der Waals surface area contributed by atoms with Crippen molar-refractivity contribution in [3.05, 3.63) is 53.0 Å². The molecule has 0 fully saturated rings. The number of anilines is 1. The standard InChI is InChI=1S/C23H21ClN6O6S/c1-2-15(32)21(30-11-26-16-18(25)28-23(24)29-19(16)30)36-13(8-31)9-35-17(22(33)34)14-10-37-20(27-14)12-6-4-3-5-7-12/h1,3-7,10-11,13,15,17,21,31-32H,8-9H2,(H,33,34)(H2,25,28,29)/t13-,15+,17-,21+/m0/s1. The maximum Gasteiger partial charge on any atom is 0.339 e. The van der Waals surface area contributed by atoms with Gasteiger partial charge in [0.15, 0.2) is 29.9 Å². The van der Waals surface area contributed by atoms with E-state index in [0.29, 0.717) is 5.01 Å². The Morgan fingerprint density at radius 2 is 2.03 bits per heavy atom. The summed E-state index contributed by atoms with van der Waals surface area (Å²) in [5.74, 6) is 0.886. The number of terminal acetylenes is 1. The summed E-state index contributed by atoms with van der Waals surface area (Å²) in [7, 11) is 0. The summed E-state index contributed by atoms with van der Waals surface area (Å²) in [6, 6.07) is 9.28. The highest BCUT2D eigenvalue weighted by Crippen LogP contribution is 2.29. The Balaban J connectivity index is 1.53. The molecule has 0 unspecified atom stereocenters. The summed E-state index contributed by atoms with van der Waals surface area (Å²) < 4.78 is 12.7. The molecule has 4 atom stereocenters. The van der Waals surface area contributed by atoms with Gasteiger partial charge in [0.1, 0.15) is 16.6 Å². The van der Waals surface area contributed by atoms with Gasteiger partial charge >= 0.3 is 5.97 Å². The van der Waals surface area contributed by atoms with Gasteiger partial charge in [0.2, 0.25) is 5.28 Å². The number of nitrogens with two attached hydrogens (primary N) is 1. The number of halogens is 1. The molecular weight excluding hydrogens is 524 g/mol. The Labute approximate surface area is 219 Å². The number of fused-ring (bicyclic) bond motifs is 1. The summed E-state index contributed by atoms with van der Waals surface area (Å²) in [6.07, 6.45) is 1.34. The molecule has 0 aliphatic rings. The van der Waals surface area contributed by atoms with Gasteiger partial charge in [0.25, 0.3) is 0 Å². The number of carbonyl (C=O) groups is 1. The molecule has 37 heavy (non-hydrogen) atoms. The molecule has 3 heterocycles. The number of nitrogens with zero attached hydrogens (tertiary/aromatic N) is 5. The van der Waals surface area contributed by atoms with Crippen LogP contribution in [0.25, 0.3) is 21.7 Å². The van der Waals surface area contributed by atoms with E-state index < -0.39 is 37.1 Å². The van der Waals surface area contributed by atoms with E-state index in [4.69, 9.17) is 33.2 Å². The molecule has 5 N–H and O–H groups in total. The van der Waals surface area contributed by atoms with E-state index in [9.17, 15) is 20.1 Å². The second kappa shape index (κ2) is 11.6. The van der Waals surface area contributed by atoms with Crippen LogP contribution in [0.5, 0.6) is 0 Å². The zero-order chi connectivity index (χ0) is 26.5. The molecule has 1 aromatic carbocycles. The maximum atomic E-state index is 11.9. The minimum atomic E-state index is -1.51. The van der Waals surface area contributed by atoms with E-state index in [-0.39, 0.29) is 34.6 Å². The predicted octanol–water partition coefficient (Wildman–Crippen LogP) is 1.90. The molecule has 0 amide bonds. The molecule has 0 radical (unpaired) electrons. The Morgan fingerprint density at radius 1 is 1.27 bits per heavy atom. The third-order valence-corrected chi connectivity index (χ3v) is 6.23. The second-order valence-electron chi connectivity index (χ2n) is 7.64. The second-order valence-corrected chi connectivity index (χ2v) is 8.84. The van der Waals surface area contributed by atoms with Crippen molar-refractivity contribution in [2.45, 2.75) is 24.5 Å². The molecule has 4 rings (SSSR count). The number of ether oxygens (including phenoxy) is 2. The molecule has 0 bridgehead atoms. The van der Waals surface area contributed by atoms with E-state index in [1.54, 1.807) is 5.38 Å². The van der Waals surface area contributed by atoms with E-state index >= 15 is 0 Å². The molecule has 3 aromatic heterocycles. The molecule has 0 aliphatic carbocycles. The Kier molecular flexibility index (Phi) is 8.29. The van der Waals surface area contributed by atoms with Gasteiger partial charge in [-0.3, -0.25) is 4.57 Å². The smallest absolute Gasteiger partial charge is 0.339 e. The first-order valence-electron chi connectivity index (χ1n) is 10.7. The number of benzene rings is 1. The van der Waals surface area contributed by atoms with Crippen molar-refractivity contribution in [3.63, 3.8) is 0 Å². The van der Waals surface area contributed by atoms with Crippen LogP contribution in [0.3, 0.4) is 0 Å². The third-order valence-electron chi connectivity index (χ3n) is 5.16. The van der Waals surface area contributed by atoms with Crippen molar-refractivity contribution < 1.29 is 29.6 Å². The summed E-state index contributed by atoms with van der Waals surface area (Å²) in [6.45, 7) is -0.957. The molecule has 192 valence electrons. The van der Waals surface area contributed by atoms with Gasteiger partial charge in [0, 0.05) is 10.9 Å². The number of rotatable bonds is 11. The Hall–Kier alpha value is -3.64. The van der Waals surface area contributed by atoms with Crippen LogP contribution < -0.4 is 5.73 Å². The molecule has 0 saturated heterocycles. The number of aromatic nitrogens is 5. The molecule has 4 aromatic rings. The van der Waals surface area contributed by atoms with Crippen molar-refractivity contribution in [3.8, 4) is 22.9 Å². The van der Waals surface area contributed by atoms with E-state index in [2.05, 4.69) is 25.9 Å². The van der Waals surface area contributed by atoms with Gasteiger partial charge in [0.05, 0.1) is 25.2 Å². The molecule has 14 heteroatoms. The number of aliphatic hydroxyl groups excluding tert-OH is 2. The summed E-state index contributed by atoms with van der Waals surface area (Å²) >= 11 is 7.18. The highest BCUT2D eigenvalue weighted by atomic mass is 35.5. The highest BCUT2D eigenvalue weighted by molar-refractivity contribution is 7.13. The molecule has 0 spiro atoms. The lowest BCUT2D eigenvalue weighted by atomic mass is 10.2. The van der Waals surface area contributed by atoms with Gasteiger partial charge in [-0.1, -0.05) is 36.3 Å². The average Bonchev–Trinajstić information content (AvgIpc) is 3.54. The first-order chi connectivity index (χ1) is 17.8. The number of carboxylic acid groups (broad SMARTS) is 1. The van der Waals surface area contributed by atoms with E-state index in [0.717, 1.165) is 5.56 Å². The van der Waals surface area contributed by atoms with Crippen LogP contribution in [0.2, 0.25) is 5.28 Å². The Morgan fingerprint density at radius 3 is 2.70 bits per heavy atom. The van der Waals surface area contributed by atoms with Gasteiger partial charge < -0.3 is 30.5 Å². The number of carboxylic acids is 1. The first-order valence-corrected chi connectivity index (χ1v) is 12.0. The van der Waals surface area contributed by atoms with Gasteiger partial charge in [-0.05, 0) is 11.6 Å². The fourth-order valence-corrected chi connectivity index (χ4v) is 4.42. The van der Waals surface area contributed by atoms with Crippen LogP contribution in [0.1, 0.15) is 18.0 Å². The van der Waals surface area contributed by atoms with E-state index in [1.165, 1.54) is 22.2 Å². The zero-order valence-electron chi connectivity index (χ0n) is 19.0. The minimum absolute atomic E-state index is 0.00664. The average molecular weight is 545 g/mol. The van der Waals surface area contributed by atoms with Crippen LogP contribution in [-0.4, -0.2) is 71.2 Å². The largest absolute Gasteiger partial charge is 0.479 e. The van der Waals surface area contributed by atoms with Gasteiger partial charge in [-0.2, -0.15) is 9.97 Å². The number of hydrogen-bond donors (Lipinski definition) is 4. The van der Waals surface area contributed by atoms with Crippen molar-refractivity contribution in [2.75, 3.05) is 18.9 Å². The van der Waals surface area contributed by atoms with Gasteiger partial charge in [-0.15, -0.1) is 17.8 Å². The van der Waals surface area contributed by atoms with Crippen molar-refractivity contribution in [2.24, 2.45) is 0 Å². The monoisotopic (exact) mass is 544 g/mol. The van der Waals surface area contributed by atoms with Crippen LogP contribution in [0.15, 0.2) is 42.0 Å². The fraction of sp³-hybridized carbons (Fsp3) is 0.261. The zero-order valence-corrected chi connectivity index (χ0v) is 20.6. The number of aliphatic hydroxyl groups is 2. The minimum Gasteiger partial charge on any atom is -0.479 e. The topological polar surface area (TPSA) is 179 Å². The normalized spacial score (nSPS) is 14.6. The highest BCUT2D eigenvalue weighted by Gasteiger charge is 2.30.